The van der Waals surface area contributed by atoms with E-state index >= 15 is 0 Å². The van der Waals surface area contributed by atoms with Gasteiger partial charge in [-0.05, 0) is 6.07 Å². The van der Waals surface area contributed by atoms with E-state index in [2.05, 4.69) is 4.98 Å². The number of fused-ring (bicyclic) bond motifs is 1. The van der Waals surface area contributed by atoms with Crippen LogP contribution in [0, 0.1) is 0 Å². The van der Waals surface area contributed by atoms with Crippen molar-refractivity contribution in [3.8, 4) is 0 Å². The minimum atomic E-state index is -0.905. The Morgan fingerprint density at radius 1 is 1.67 bits per heavy atom. The van der Waals surface area contributed by atoms with Gasteiger partial charge in [0.2, 0.25) is 0 Å². The summed E-state index contributed by atoms with van der Waals surface area (Å²) in [6.45, 7) is 0. The summed E-state index contributed by atoms with van der Waals surface area (Å²) in [5.74, 6) is 0.114. The predicted molar refractivity (Wildman–Crippen MR) is 45.6 cm³/mol. The van der Waals surface area contributed by atoms with E-state index in [9.17, 15) is 4.79 Å². The Balaban J connectivity index is 2.45. The molecule has 0 bridgehead atoms. The van der Waals surface area contributed by atoms with Gasteiger partial charge in [-0.25, -0.2) is 4.79 Å². The van der Waals surface area contributed by atoms with Crippen molar-refractivity contribution in [1.29, 1.82) is 0 Å². The number of rotatable bonds is 1. The van der Waals surface area contributed by atoms with Crippen molar-refractivity contribution in [1.82, 2.24) is 4.98 Å². The second-order valence-corrected chi connectivity index (χ2v) is 3.71. The molecule has 0 saturated heterocycles. The molecule has 4 heteroatoms. The molecule has 1 aromatic heterocycles. The van der Waals surface area contributed by atoms with Crippen LogP contribution in [0.2, 0.25) is 0 Å². The molecule has 3 nitrogen and oxygen atoms in total. The first-order valence-corrected chi connectivity index (χ1v) is 4.61. The van der Waals surface area contributed by atoms with Crippen molar-refractivity contribution in [2.24, 2.45) is 0 Å². The molecule has 2 heterocycles. The van der Waals surface area contributed by atoms with E-state index in [0.717, 1.165) is 22.8 Å². The maximum absolute atomic E-state index is 10.6. The van der Waals surface area contributed by atoms with Gasteiger partial charge in [0.15, 0.2) is 0 Å². The molecular weight excluding hydrogens is 174 g/mol. The summed E-state index contributed by atoms with van der Waals surface area (Å²) < 4.78 is 0. The highest BCUT2D eigenvalue weighted by Gasteiger charge is 2.14. The highest BCUT2D eigenvalue weighted by molar-refractivity contribution is 7.99. The largest absolute Gasteiger partial charge is 0.478 e. The van der Waals surface area contributed by atoms with Crippen LogP contribution in [0.15, 0.2) is 17.2 Å². The van der Waals surface area contributed by atoms with E-state index in [-0.39, 0.29) is 5.56 Å². The normalized spacial score (nSPS) is 14.3. The molecule has 0 aromatic carbocycles. The van der Waals surface area contributed by atoms with E-state index < -0.39 is 5.97 Å². The number of carboxylic acid groups (broad SMARTS) is 1. The summed E-state index contributed by atoms with van der Waals surface area (Å²) in [5, 5.41) is 8.67. The lowest BCUT2D eigenvalue weighted by Gasteiger charge is -1.97. The van der Waals surface area contributed by atoms with E-state index in [1.165, 1.54) is 6.20 Å². The molecule has 12 heavy (non-hydrogen) atoms. The maximum atomic E-state index is 10.6. The van der Waals surface area contributed by atoms with Gasteiger partial charge >= 0.3 is 5.97 Å². The Morgan fingerprint density at radius 2 is 2.50 bits per heavy atom. The number of aromatic carboxylic acids is 1. The van der Waals surface area contributed by atoms with Gasteiger partial charge in [-0.3, -0.25) is 4.98 Å². The Kier molecular flexibility index (Phi) is 1.77. The first-order chi connectivity index (χ1) is 5.77. The van der Waals surface area contributed by atoms with Crippen LogP contribution in [0.1, 0.15) is 16.1 Å². The number of aryl methyl sites for hydroxylation is 1. The monoisotopic (exact) mass is 181 g/mol. The molecule has 0 spiro atoms. The molecule has 0 radical (unpaired) electrons. The number of carbonyl (C=O) groups is 1. The summed E-state index contributed by atoms with van der Waals surface area (Å²) in [6.07, 6.45) is 2.38. The lowest BCUT2D eigenvalue weighted by molar-refractivity contribution is 0.0696. The van der Waals surface area contributed by atoms with Crippen LogP contribution in [-0.4, -0.2) is 21.8 Å². The third kappa shape index (κ3) is 1.18. The van der Waals surface area contributed by atoms with Gasteiger partial charge in [0.1, 0.15) is 0 Å². The number of nitrogens with zero attached hydrogens (tertiary/aromatic N) is 1. The van der Waals surface area contributed by atoms with Crippen LogP contribution >= 0.6 is 11.8 Å². The van der Waals surface area contributed by atoms with Crippen molar-refractivity contribution >= 4 is 17.7 Å². The molecule has 0 aliphatic carbocycles. The molecule has 1 aliphatic rings. The first kappa shape index (κ1) is 7.61. The Labute approximate surface area is 73.8 Å². The average Bonchev–Trinajstić information content (AvgIpc) is 2.49. The van der Waals surface area contributed by atoms with Crippen LogP contribution in [0.5, 0.6) is 0 Å². The summed E-state index contributed by atoms with van der Waals surface area (Å²) in [5.41, 5.74) is 1.31. The lowest BCUT2D eigenvalue weighted by atomic mass is 10.2. The highest BCUT2D eigenvalue weighted by atomic mass is 32.2. The van der Waals surface area contributed by atoms with Gasteiger partial charge in [0.25, 0.3) is 0 Å². The van der Waals surface area contributed by atoms with Gasteiger partial charge in [-0.1, -0.05) is 0 Å². The van der Waals surface area contributed by atoms with Gasteiger partial charge in [0, 0.05) is 23.3 Å². The van der Waals surface area contributed by atoms with Crippen molar-refractivity contribution in [2.45, 2.75) is 11.3 Å². The van der Waals surface area contributed by atoms with Gasteiger partial charge in [0.05, 0.1) is 11.3 Å². The summed E-state index contributed by atoms with van der Waals surface area (Å²) in [6, 6.07) is 1.70. The first-order valence-electron chi connectivity index (χ1n) is 3.62. The summed E-state index contributed by atoms with van der Waals surface area (Å²) in [4.78, 5) is 15.7. The number of hydrogen-bond acceptors (Lipinski definition) is 3. The second-order valence-electron chi connectivity index (χ2n) is 2.57. The summed E-state index contributed by atoms with van der Waals surface area (Å²) in [7, 11) is 0. The molecule has 0 unspecified atom stereocenters. The number of pyridine rings is 1. The second kappa shape index (κ2) is 2.79. The molecule has 0 atom stereocenters. The zero-order valence-electron chi connectivity index (χ0n) is 6.28. The van der Waals surface area contributed by atoms with Crippen LogP contribution in [0.25, 0.3) is 0 Å². The molecular formula is C8H7NO2S. The fourth-order valence-corrected chi connectivity index (χ4v) is 2.21. The molecule has 1 aliphatic heterocycles. The smallest absolute Gasteiger partial charge is 0.337 e. The minimum absolute atomic E-state index is 0.281. The molecule has 1 N–H and O–H groups in total. The lowest BCUT2D eigenvalue weighted by Crippen LogP contribution is -1.98. The maximum Gasteiger partial charge on any atom is 0.337 e. The fraction of sp³-hybridized carbons (Fsp3) is 0.250. The Bertz CT molecular complexity index is 338. The zero-order valence-corrected chi connectivity index (χ0v) is 7.10. The zero-order chi connectivity index (χ0) is 8.55. The quantitative estimate of drug-likeness (QED) is 0.712. The molecule has 2 rings (SSSR count). The van der Waals surface area contributed by atoms with Crippen LogP contribution in [0.3, 0.4) is 0 Å². The highest BCUT2D eigenvalue weighted by Crippen LogP contribution is 2.29. The topological polar surface area (TPSA) is 50.2 Å². The SMILES string of the molecule is O=C(O)c1cnc2c(c1)SCC2. The number of carboxylic acids is 1. The molecule has 0 fully saturated rings. The van der Waals surface area contributed by atoms with E-state index in [0.29, 0.717) is 0 Å². The van der Waals surface area contributed by atoms with E-state index in [4.69, 9.17) is 5.11 Å². The van der Waals surface area contributed by atoms with Crippen molar-refractivity contribution in [3.63, 3.8) is 0 Å². The van der Waals surface area contributed by atoms with Crippen LogP contribution in [0.4, 0.5) is 0 Å². The standard InChI is InChI=1S/C8H7NO2S/c10-8(11)5-3-7-6(9-4-5)1-2-12-7/h3-4H,1-2H2,(H,10,11). The Morgan fingerprint density at radius 3 is 3.25 bits per heavy atom. The van der Waals surface area contributed by atoms with Crippen molar-refractivity contribution in [3.05, 3.63) is 23.5 Å². The van der Waals surface area contributed by atoms with E-state index in [1.54, 1.807) is 17.8 Å². The van der Waals surface area contributed by atoms with Crippen molar-refractivity contribution < 1.29 is 9.90 Å². The number of aromatic nitrogens is 1. The fourth-order valence-electron chi connectivity index (χ4n) is 1.16. The molecule has 0 amide bonds. The van der Waals surface area contributed by atoms with Gasteiger partial charge in [-0.2, -0.15) is 0 Å². The molecule has 1 aromatic rings. The third-order valence-electron chi connectivity index (χ3n) is 1.77. The van der Waals surface area contributed by atoms with Gasteiger partial charge in [-0.15, -0.1) is 11.8 Å². The number of hydrogen-bond donors (Lipinski definition) is 1. The molecule has 0 saturated carbocycles. The minimum Gasteiger partial charge on any atom is -0.478 e. The third-order valence-corrected chi connectivity index (χ3v) is 2.85. The van der Waals surface area contributed by atoms with Crippen molar-refractivity contribution in [2.75, 3.05) is 5.75 Å². The molecule has 62 valence electrons. The average molecular weight is 181 g/mol. The number of thioether (sulfide) groups is 1. The van der Waals surface area contributed by atoms with E-state index in [1.807, 2.05) is 0 Å². The van der Waals surface area contributed by atoms with Crippen LogP contribution in [-0.2, 0) is 6.42 Å². The Hall–Kier alpha value is -1.03. The summed E-state index contributed by atoms with van der Waals surface area (Å²) >= 11 is 1.67. The van der Waals surface area contributed by atoms with Crippen LogP contribution < -0.4 is 0 Å². The predicted octanol–water partition coefficient (Wildman–Crippen LogP) is 1.43. The van der Waals surface area contributed by atoms with Gasteiger partial charge < -0.3 is 5.11 Å².